The number of hydrogen-bond donors (Lipinski definition) is 1. The average molecular weight is 406 g/mol. The van der Waals surface area contributed by atoms with E-state index in [0.717, 1.165) is 0 Å². The zero-order valence-electron chi connectivity index (χ0n) is 15.7. The molecule has 1 aromatic carbocycles. The number of rotatable bonds is 6. The first kappa shape index (κ1) is 19.8. The second-order valence-corrected chi connectivity index (χ2v) is 6.58. The summed E-state index contributed by atoms with van der Waals surface area (Å²) in [6.07, 6.45) is 1.54. The minimum absolute atomic E-state index is 0.0933. The van der Waals surface area contributed by atoms with Gasteiger partial charge in [0.2, 0.25) is 17.6 Å². The van der Waals surface area contributed by atoms with Gasteiger partial charge in [-0.15, -0.1) is 0 Å². The summed E-state index contributed by atoms with van der Waals surface area (Å²) in [5.41, 5.74) is 0.569. The van der Waals surface area contributed by atoms with Crippen LogP contribution in [0.3, 0.4) is 0 Å². The molecule has 3 rings (SSSR count). The summed E-state index contributed by atoms with van der Waals surface area (Å²) in [6, 6.07) is 6.60. The molecular weight excluding hydrogens is 386 g/mol. The van der Waals surface area contributed by atoms with Gasteiger partial charge in [0, 0.05) is 31.3 Å². The van der Waals surface area contributed by atoms with Crippen LogP contribution < -0.4 is 24.4 Å². The molecule has 1 aliphatic rings. The molecule has 0 aliphatic carbocycles. The molecule has 1 atom stereocenters. The number of ether oxygens (including phenoxy) is 3. The Balaban J connectivity index is 1.79. The standard InChI is InChI=1S/C19H20ClN3O5/c1-26-14-7-13(8-15(27-2)18(14)28-3)23-10-11(6-17(23)24)19(25)22-16-5-4-12(20)9-21-16/h4-5,7-9,11H,6,10H2,1-3H3,(H,21,22,25)/t11-/m0/s1. The predicted molar refractivity (Wildman–Crippen MR) is 104 cm³/mol. The Morgan fingerprint density at radius 3 is 2.39 bits per heavy atom. The van der Waals surface area contributed by atoms with Crippen molar-refractivity contribution >= 4 is 34.9 Å². The molecule has 148 valence electrons. The Bertz CT molecular complexity index is 863. The molecule has 2 heterocycles. The molecule has 0 unspecified atom stereocenters. The first-order valence-corrected chi connectivity index (χ1v) is 8.87. The van der Waals surface area contributed by atoms with E-state index in [0.29, 0.717) is 33.8 Å². The van der Waals surface area contributed by atoms with Crippen LogP contribution in [0.2, 0.25) is 5.02 Å². The third-order valence-electron chi connectivity index (χ3n) is 4.44. The Labute approximate surface area is 167 Å². The molecule has 28 heavy (non-hydrogen) atoms. The Kier molecular flexibility index (Phi) is 5.89. The van der Waals surface area contributed by atoms with Gasteiger partial charge in [-0.1, -0.05) is 11.6 Å². The first-order valence-electron chi connectivity index (χ1n) is 8.49. The summed E-state index contributed by atoms with van der Waals surface area (Å²) in [5, 5.41) is 3.18. The quantitative estimate of drug-likeness (QED) is 0.794. The van der Waals surface area contributed by atoms with Crippen molar-refractivity contribution in [3.8, 4) is 17.2 Å². The normalized spacial score (nSPS) is 16.1. The van der Waals surface area contributed by atoms with Crippen LogP contribution in [0, 0.1) is 5.92 Å². The van der Waals surface area contributed by atoms with E-state index in [9.17, 15) is 9.59 Å². The number of anilines is 2. The maximum absolute atomic E-state index is 12.5. The van der Waals surface area contributed by atoms with E-state index in [4.69, 9.17) is 25.8 Å². The molecule has 9 heteroatoms. The number of carbonyl (C=O) groups is 2. The van der Waals surface area contributed by atoms with Crippen molar-refractivity contribution in [1.82, 2.24) is 4.98 Å². The lowest BCUT2D eigenvalue weighted by atomic mass is 10.1. The Hall–Kier alpha value is -3.00. The van der Waals surface area contributed by atoms with Gasteiger partial charge in [0.05, 0.1) is 38.0 Å². The number of amides is 2. The highest BCUT2D eigenvalue weighted by molar-refractivity contribution is 6.30. The van der Waals surface area contributed by atoms with E-state index in [1.807, 2.05) is 0 Å². The second kappa shape index (κ2) is 8.35. The van der Waals surface area contributed by atoms with Crippen molar-refractivity contribution in [1.29, 1.82) is 0 Å². The maximum atomic E-state index is 12.5. The van der Waals surface area contributed by atoms with Crippen LogP contribution >= 0.6 is 11.6 Å². The minimum Gasteiger partial charge on any atom is -0.493 e. The SMILES string of the molecule is COc1cc(N2C[C@@H](C(=O)Nc3ccc(Cl)cn3)CC2=O)cc(OC)c1OC. The van der Waals surface area contributed by atoms with Gasteiger partial charge in [-0.25, -0.2) is 4.98 Å². The number of nitrogens with one attached hydrogen (secondary N) is 1. The molecule has 0 spiro atoms. The number of halogens is 1. The fourth-order valence-electron chi connectivity index (χ4n) is 3.03. The fraction of sp³-hybridized carbons (Fsp3) is 0.316. The number of hydrogen-bond acceptors (Lipinski definition) is 6. The van der Waals surface area contributed by atoms with Gasteiger partial charge in [-0.3, -0.25) is 9.59 Å². The third-order valence-corrected chi connectivity index (χ3v) is 4.66. The lowest BCUT2D eigenvalue weighted by Gasteiger charge is -2.20. The number of carbonyl (C=O) groups excluding carboxylic acids is 2. The predicted octanol–water partition coefficient (Wildman–Crippen LogP) is 2.75. The smallest absolute Gasteiger partial charge is 0.230 e. The summed E-state index contributed by atoms with van der Waals surface area (Å²) in [4.78, 5) is 30.6. The van der Waals surface area contributed by atoms with Crippen LogP contribution in [0.5, 0.6) is 17.2 Å². The molecule has 2 amide bonds. The number of methoxy groups -OCH3 is 3. The van der Waals surface area contributed by atoms with E-state index in [1.54, 1.807) is 24.3 Å². The highest BCUT2D eigenvalue weighted by atomic mass is 35.5. The van der Waals surface area contributed by atoms with Gasteiger partial charge in [0.1, 0.15) is 5.82 Å². The molecule has 8 nitrogen and oxygen atoms in total. The highest BCUT2D eigenvalue weighted by Gasteiger charge is 2.36. The van der Waals surface area contributed by atoms with E-state index in [-0.39, 0.29) is 24.8 Å². The minimum atomic E-state index is -0.510. The zero-order valence-corrected chi connectivity index (χ0v) is 16.4. The average Bonchev–Trinajstić information content (AvgIpc) is 3.10. The van der Waals surface area contributed by atoms with Gasteiger partial charge in [0.25, 0.3) is 0 Å². The monoisotopic (exact) mass is 405 g/mol. The molecule has 1 aliphatic heterocycles. The van der Waals surface area contributed by atoms with Crippen molar-refractivity contribution in [2.24, 2.45) is 5.92 Å². The van der Waals surface area contributed by atoms with Crippen LogP contribution in [0.4, 0.5) is 11.5 Å². The highest BCUT2D eigenvalue weighted by Crippen LogP contribution is 2.42. The second-order valence-electron chi connectivity index (χ2n) is 6.14. The van der Waals surface area contributed by atoms with Gasteiger partial charge >= 0.3 is 0 Å². The van der Waals surface area contributed by atoms with Gasteiger partial charge in [-0.2, -0.15) is 0 Å². The van der Waals surface area contributed by atoms with Crippen molar-refractivity contribution < 1.29 is 23.8 Å². The summed E-state index contributed by atoms with van der Waals surface area (Å²) in [7, 11) is 4.51. The summed E-state index contributed by atoms with van der Waals surface area (Å²) >= 11 is 5.80. The van der Waals surface area contributed by atoms with Crippen molar-refractivity contribution in [3.63, 3.8) is 0 Å². The molecule has 1 aromatic heterocycles. The molecule has 0 radical (unpaired) electrons. The molecule has 0 bridgehead atoms. The summed E-state index contributed by atoms with van der Waals surface area (Å²) in [6.45, 7) is 0.233. The summed E-state index contributed by atoms with van der Waals surface area (Å²) < 4.78 is 16.0. The molecule has 2 aromatic rings. The Morgan fingerprint density at radius 2 is 1.86 bits per heavy atom. The van der Waals surface area contributed by atoms with Crippen LogP contribution in [0.1, 0.15) is 6.42 Å². The zero-order chi connectivity index (χ0) is 20.3. The van der Waals surface area contributed by atoms with E-state index >= 15 is 0 Å². The van der Waals surface area contributed by atoms with Gasteiger partial charge in [0.15, 0.2) is 11.5 Å². The number of pyridine rings is 1. The van der Waals surface area contributed by atoms with Crippen LogP contribution in [-0.2, 0) is 9.59 Å². The lowest BCUT2D eigenvalue weighted by molar-refractivity contribution is -0.122. The molecule has 0 saturated carbocycles. The van der Waals surface area contributed by atoms with Crippen LogP contribution in [0.15, 0.2) is 30.5 Å². The summed E-state index contributed by atoms with van der Waals surface area (Å²) in [5.74, 6) is 0.725. The van der Waals surface area contributed by atoms with E-state index < -0.39 is 5.92 Å². The van der Waals surface area contributed by atoms with Crippen molar-refractivity contribution in [2.75, 3.05) is 38.1 Å². The number of nitrogens with zero attached hydrogens (tertiary/aromatic N) is 2. The lowest BCUT2D eigenvalue weighted by Crippen LogP contribution is -2.28. The van der Waals surface area contributed by atoms with E-state index in [1.165, 1.54) is 32.4 Å². The fourth-order valence-corrected chi connectivity index (χ4v) is 3.15. The molecule has 1 fully saturated rings. The number of aromatic nitrogens is 1. The third kappa shape index (κ3) is 3.96. The van der Waals surface area contributed by atoms with E-state index in [2.05, 4.69) is 10.3 Å². The molecule has 1 saturated heterocycles. The topological polar surface area (TPSA) is 90.0 Å². The molecule has 1 N–H and O–H groups in total. The van der Waals surface area contributed by atoms with Crippen LogP contribution in [0.25, 0.3) is 0 Å². The van der Waals surface area contributed by atoms with Crippen LogP contribution in [-0.4, -0.2) is 44.7 Å². The van der Waals surface area contributed by atoms with Gasteiger partial charge < -0.3 is 24.4 Å². The van der Waals surface area contributed by atoms with Crippen molar-refractivity contribution in [2.45, 2.75) is 6.42 Å². The molecular formula is C19H20ClN3O5. The Morgan fingerprint density at radius 1 is 1.18 bits per heavy atom. The van der Waals surface area contributed by atoms with Crippen molar-refractivity contribution in [3.05, 3.63) is 35.5 Å². The van der Waals surface area contributed by atoms with Gasteiger partial charge in [-0.05, 0) is 12.1 Å². The largest absolute Gasteiger partial charge is 0.493 e. The number of benzene rings is 1. The maximum Gasteiger partial charge on any atom is 0.230 e. The first-order chi connectivity index (χ1) is 13.5.